The summed E-state index contributed by atoms with van der Waals surface area (Å²) < 4.78 is 10.3. The molecule has 1 heterocycles. The summed E-state index contributed by atoms with van der Waals surface area (Å²) in [6, 6.07) is 4.43. The van der Waals surface area contributed by atoms with Gasteiger partial charge in [-0.15, -0.1) is 0 Å². The monoisotopic (exact) mass is 287 g/mol. The molecule has 0 amide bonds. The van der Waals surface area contributed by atoms with E-state index < -0.39 is 18.1 Å². The molecule has 2 rings (SSSR count). The first-order valence-electron chi connectivity index (χ1n) is 5.42. The van der Waals surface area contributed by atoms with Crippen molar-refractivity contribution in [1.82, 2.24) is 0 Å². The van der Waals surface area contributed by atoms with Crippen molar-refractivity contribution in [2.24, 2.45) is 4.99 Å². The van der Waals surface area contributed by atoms with E-state index in [0.717, 1.165) is 0 Å². The van der Waals surface area contributed by atoms with Gasteiger partial charge in [0.2, 0.25) is 0 Å². The van der Waals surface area contributed by atoms with Gasteiger partial charge < -0.3 is 9.47 Å². The third-order valence-corrected chi connectivity index (χ3v) is 3.37. The predicted octanol–water partition coefficient (Wildman–Crippen LogP) is 3.02. The molecule has 1 aliphatic rings. The molecule has 0 bridgehead atoms. The Balaban J connectivity index is 2.28. The summed E-state index contributed by atoms with van der Waals surface area (Å²) in [5.41, 5.74) is 0.625. The Morgan fingerprint density at radius 3 is 3.00 bits per heavy atom. The Morgan fingerprint density at radius 1 is 1.50 bits per heavy atom. The number of hydrogen-bond donors (Lipinski definition) is 0. The van der Waals surface area contributed by atoms with Gasteiger partial charge in [-0.1, -0.05) is 35.3 Å². The van der Waals surface area contributed by atoms with Gasteiger partial charge in [0.1, 0.15) is 0 Å². The van der Waals surface area contributed by atoms with Crippen molar-refractivity contribution < 1.29 is 14.3 Å². The van der Waals surface area contributed by atoms with E-state index in [1.165, 1.54) is 6.40 Å². The van der Waals surface area contributed by atoms with Gasteiger partial charge in [0.15, 0.2) is 18.5 Å². The number of hydrogen-bond acceptors (Lipinski definition) is 4. The van der Waals surface area contributed by atoms with Crippen LogP contribution in [0, 0.1) is 0 Å². The molecule has 0 fully saturated rings. The highest BCUT2D eigenvalue weighted by molar-refractivity contribution is 6.42. The third kappa shape index (κ3) is 2.44. The lowest BCUT2D eigenvalue weighted by Gasteiger charge is -2.17. The molecular weight excluding hydrogens is 277 g/mol. The van der Waals surface area contributed by atoms with Crippen LogP contribution in [0.25, 0.3) is 0 Å². The Morgan fingerprint density at radius 2 is 2.28 bits per heavy atom. The normalized spacial score (nSPS) is 21.7. The molecule has 0 saturated carbocycles. The van der Waals surface area contributed by atoms with E-state index >= 15 is 0 Å². The first kappa shape index (κ1) is 13.2. The molecule has 6 heteroatoms. The zero-order valence-corrected chi connectivity index (χ0v) is 11.1. The number of rotatable bonds is 3. The van der Waals surface area contributed by atoms with E-state index in [9.17, 15) is 4.79 Å². The second-order valence-electron chi connectivity index (χ2n) is 3.65. The lowest BCUT2D eigenvalue weighted by atomic mass is 10.0. The predicted molar refractivity (Wildman–Crippen MR) is 69.2 cm³/mol. The molecule has 0 aromatic heterocycles. The van der Waals surface area contributed by atoms with Gasteiger partial charge in [0.05, 0.1) is 16.7 Å². The van der Waals surface area contributed by atoms with Crippen molar-refractivity contribution in [3.05, 3.63) is 33.8 Å². The number of carbonyl (C=O) groups is 1. The molecule has 1 aromatic rings. The fourth-order valence-electron chi connectivity index (χ4n) is 1.71. The fourth-order valence-corrected chi connectivity index (χ4v) is 2.13. The number of aliphatic imine (C=N–C) groups is 1. The highest BCUT2D eigenvalue weighted by atomic mass is 35.5. The SMILES string of the molecule is CCOC(=O)C1N=COC1c1cccc(Cl)c1Cl. The smallest absolute Gasteiger partial charge is 0.335 e. The molecular formula is C12H11Cl2NO3. The lowest BCUT2D eigenvalue weighted by molar-refractivity contribution is -0.146. The van der Waals surface area contributed by atoms with E-state index in [-0.39, 0.29) is 0 Å². The van der Waals surface area contributed by atoms with Gasteiger partial charge >= 0.3 is 5.97 Å². The molecule has 0 spiro atoms. The Bertz CT molecular complexity index is 490. The minimum absolute atomic E-state index is 0.293. The molecule has 0 radical (unpaired) electrons. The van der Waals surface area contributed by atoms with Crippen LogP contribution in [0.1, 0.15) is 18.6 Å². The topological polar surface area (TPSA) is 47.9 Å². The number of halogens is 2. The van der Waals surface area contributed by atoms with Crippen LogP contribution in [0.3, 0.4) is 0 Å². The zero-order valence-electron chi connectivity index (χ0n) is 9.60. The van der Waals surface area contributed by atoms with E-state index in [0.29, 0.717) is 22.2 Å². The maximum atomic E-state index is 11.7. The molecule has 1 aromatic carbocycles. The number of esters is 1. The van der Waals surface area contributed by atoms with E-state index in [1.807, 2.05) is 0 Å². The summed E-state index contributed by atoms with van der Waals surface area (Å²) in [7, 11) is 0. The van der Waals surface area contributed by atoms with Gasteiger partial charge in [0.25, 0.3) is 0 Å². The summed E-state index contributed by atoms with van der Waals surface area (Å²) in [6.07, 6.45) is 0.652. The summed E-state index contributed by atoms with van der Waals surface area (Å²) in [4.78, 5) is 15.7. The van der Waals surface area contributed by atoms with Crippen molar-refractivity contribution in [2.75, 3.05) is 6.61 Å². The van der Waals surface area contributed by atoms with Crippen LogP contribution in [-0.2, 0) is 14.3 Å². The number of nitrogens with zero attached hydrogens (tertiary/aromatic N) is 1. The minimum atomic E-state index is -0.735. The number of ether oxygens (including phenoxy) is 2. The molecule has 0 N–H and O–H groups in total. The van der Waals surface area contributed by atoms with E-state index in [4.69, 9.17) is 32.7 Å². The highest BCUT2D eigenvalue weighted by Crippen LogP contribution is 2.36. The molecule has 0 saturated heterocycles. The van der Waals surface area contributed by atoms with E-state index in [2.05, 4.69) is 4.99 Å². The van der Waals surface area contributed by atoms with Crippen molar-refractivity contribution in [3.63, 3.8) is 0 Å². The largest absolute Gasteiger partial charge is 0.473 e. The minimum Gasteiger partial charge on any atom is -0.473 e. The second kappa shape index (κ2) is 5.59. The van der Waals surface area contributed by atoms with Crippen LogP contribution in [0.5, 0.6) is 0 Å². The Labute approximate surface area is 115 Å². The average molecular weight is 288 g/mol. The van der Waals surface area contributed by atoms with Crippen molar-refractivity contribution in [1.29, 1.82) is 0 Å². The van der Waals surface area contributed by atoms with Crippen LogP contribution in [0.4, 0.5) is 0 Å². The van der Waals surface area contributed by atoms with E-state index in [1.54, 1.807) is 25.1 Å². The third-order valence-electron chi connectivity index (χ3n) is 2.53. The molecule has 2 atom stereocenters. The summed E-state index contributed by atoms with van der Waals surface area (Å²) in [6.45, 7) is 2.03. The van der Waals surface area contributed by atoms with Crippen LogP contribution in [-0.4, -0.2) is 25.0 Å². The molecule has 96 valence electrons. The second-order valence-corrected chi connectivity index (χ2v) is 4.44. The van der Waals surface area contributed by atoms with Gasteiger partial charge in [-0.3, -0.25) is 0 Å². The summed E-state index contributed by atoms with van der Waals surface area (Å²) >= 11 is 12.0. The first-order valence-corrected chi connectivity index (χ1v) is 6.18. The number of benzene rings is 1. The number of carbonyl (C=O) groups excluding carboxylic acids is 1. The summed E-state index contributed by atoms with van der Waals surface area (Å²) in [5.74, 6) is -0.438. The van der Waals surface area contributed by atoms with Crippen molar-refractivity contribution >= 4 is 35.6 Å². The quantitative estimate of drug-likeness (QED) is 0.803. The van der Waals surface area contributed by atoms with Gasteiger partial charge in [-0.2, -0.15) is 0 Å². The standard InChI is InChI=1S/C12H11Cl2NO3/c1-2-17-12(16)10-11(18-6-15-10)7-4-3-5-8(13)9(7)14/h3-6,10-11H,2H2,1H3. The average Bonchev–Trinajstić information content (AvgIpc) is 2.82. The Kier molecular flexibility index (Phi) is 4.09. The van der Waals surface area contributed by atoms with Gasteiger partial charge in [-0.25, -0.2) is 9.79 Å². The molecule has 18 heavy (non-hydrogen) atoms. The van der Waals surface area contributed by atoms with Crippen LogP contribution in [0.2, 0.25) is 10.0 Å². The molecule has 1 aliphatic heterocycles. The fraction of sp³-hybridized carbons (Fsp3) is 0.333. The zero-order chi connectivity index (χ0) is 13.1. The highest BCUT2D eigenvalue weighted by Gasteiger charge is 2.36. The van der Waals surface area contributed by atoms with Crippen LogP contribution >= 0.6 is 23.2 Å². The van der Waals surface area contributed by atoms with Crippen LogP contribution < -0.4 is 0 Å². The van der Waals surface area contributed by atoms with Gasteiger partial charge in [0, 0.05) is 5.56 Å². The maximum Gasteiger partial charge on any atom is 0.335 e. The Hall–Kier alpha value is -1.26. The molecule has 0 aliphatic carbocycles. The van der Waals surface area contributed by atoms with Crippen LogP contribution in [0.15, 0.2) is 23.2 Å². The lowest BCUT2D eigenvalue weighted by Crippen LogP contribution is -2.26. The maximum absolute atomic E-state index is 11.7. The van der Waals surface area contributed by atoms with Gasteiger partial charge in [-0.05, 0) is 13.0 Å². The summed E-state index contributed by atoms with van der Waals surface area (Å²) in [5, 5.41) is 0.774. The first-order chi connectivity index (χ1) is 8.65. The molecule has 2 unspecified atom stereocenters. The molecule has 4 nitrogen and oxygen atoms in total. The van der Waals surface area contributed by atoms with Crippen molar-refractivity contribution in [3.8, 4) is 0 Å². The van der Waals surface area contributed by atoms with Crippen molar-refractivity contribution in [2.45, 2.75) is 19.1 Å².